The van der Waals surface area contributed by atoms with Crippen molar-refractivity contribution in [2.24, 2.45) is 5.92 Å². The molecule has 6 heteroatoms. The number of nitrogens with one attached hydrogen (secondary N) is 2. The second-order valence-electron chi connectivity index (χ2n) is 5.04. The van der Waals surface area contributed by atoms with Gasteiger partial charge in [-0.05, 0) is 31.8 Å². The van der Waals surface area contributed by atoms with Crippen LogP contribution in [-0.4, -0.2) is 45.8 Å². The lowest BCUT2D eigenvalue weighted by atomic mass is 9.99. The van der Waals surface area contributed by atoms with E-state index < -0.39 is 0 Å². The summed E-state index contributed by atoms with van der Waals surface area (Å²) in [5.41, 5.74) is -0.0704. The van der Waals surface area contributed by atoms with E-state index in [9.17, 15) is 4.79 Å². The van der Waals surface area contributed by atoms with Crippen LogP contribution >= 0.6 is 0 Å². The Kier molecular flexibility index (Phi) is 2.98. The summed E-state index contributed by atoms with van der Waals surface area (Å²) in [6, 6.07) is 0. The highest BCUT2D eigenvalue weighted by Gasteiger charge is 2.22. The van der Waals surface area contributed by atoms with Gasteiger partial charge in [-0.2, -0.15) is 5.10 Å². The van der Waals surface area contributed by atoms with Crippen LogP contribution in [0.15, 0.2) is 4.79 Å². The molecule has 1 aromatic heterocycles. The van der Waals surface area contributed by atoms with Gasteiger partial charge in [0, 0.05) is 19.6 Å². The van der Waals surface area contributed by atoms with E-state index >= 15 is 0 Å². The molecule has 6 nitrogen and oxygen atoms in total. The third-order valence-electron chi connectivity index (χ3n) is 3.76. The van der Waals surface area contributed by atoms with Crippen molar-refractivity contribution in [1.29, 1.82) is 0 Å². The van der Waals surface area contributed by atoms with E-state index in [4.69, 9.17) is 0 Å². The molecule has 2 aliphatic rings. The zero-order chi connectivity index (χ0) is 11.7. The summed E-state index contributed by atoms with van der Waals surface area (Å²) in [5, 5.41) is 10.0. The van der Waals surface area contributed by atoms with Gasteiger partial charge in [0.2, 0.25) is 0 Å². The molecular weight excluding hydrogens is 218 g/mol. The van der Waals surface area contributed by atoms with Gasteiger partial charge in [0.05, 0.1) is 6.54 Å². The van der Waals surface area contributed by atoms with Gasteiger partial charge in [-0.3, -0.25) is 9.47 Å². The summed E-state index contributed by atoms with van der Waals surface area (Å²) in [7, 11) is 0. The molecule has 1 aromatic rings. The van der Waals surface area contributed by atoms with E-state index in [-0.39, 0.29) is 5.69 Å². The van der Waals surface area contributed by atoms with Crippen LogP contribution in [0.25, 0.3) is 0 Å². The summed E-state index contributed by atoms with van der Waals surface area (Å²) < 4.78 is 1.75. The third kappa shape index (κ3) is 2.28. The van der Waals surface area contributed by atoms with Crippen LogP contribution in [0, 0.1) is 5.92 Å². The summed E-state index contributed by atoms with van der Waals surface area (Å²) in [5.74, 6) is 1.63. The molecule has 1 fully saturated rings. The second kappa shape index (κ2) is 4.62. The number of aromatic nitrogens is 3. The fourth-order valence-electron chi connectivity index (χ4n) is 2.82. The molecule has 0 saturated carbocycles. The molecule has 0 aliphatic carbocycles. The number of hydrogen-bond donors (Lipinski definition) is 2. The number of H-pyrrole nitrogens is 1. The number of aromatic amines is 1. The highest BCUT2D eigenvalue weighted by Crippen LogP contribution is 2.15. The molecular formula is C11H19N5O. The topological polar surface area (TPSA) is 66.0 Å². The van der Waals surface area contributed by atoms with Crippen molar-refractivity contribution in [3.8, 4) is 0 Å². The van der Waals surface area contributed by atoms with Crippen LogP contribution in [0.5, 0.6) is 0 Å². The maximum atomic E-state index is 11.4. The van der Waals surface area contributed by atoms with Crippen molar-refractivity contribution in [3.05, 3.63) is 16.3 Å². The van der Waals surface area contributed by atoms with Crippen molar-refractivity contribution in [2.75, 3.05) is 26.2 Å². The molecule has 0 amide bonds. The van der Waals surface area contributed by atoms with E-state index in [1.165, 1.54) is 12.8 Å². The molecule has 1 saturated heterocycles. The van der Waals surface area contributed by atoms with E-state index in [0.717, 1.165) is 51.0 Å². The van der Waals surface area contributed by atoms with Gasteiger partial charge < -0.3 is 5.32 Å². The lowest BCUT2D eigenvalue weighted by Gasteiger charge is -2.32. The van der Waals surface area contributed by atoms with Crippen LogP contribution in [0.3, 0.4) is 0 Å². The Bertz CT molecular complexity index is 431. The molecule has 0 bridgehead atoms. The fraction of sp³-hybridized carbons (Fsp3) is 0.818. The number of rotatable bonds is 2. The van der Waals surface area contributed by atoms with E-state index in [2.05, 4.69) is 20.4 Å². The van der Waals surface area contributed by atoms with Gasteiger partial charge in [-0.25, -0.2) is 9.89 Å². The minimum Gasteiger partial charge on any atom is -0.316 e. The maximum absolute atomic E-state index is 11.4. The van der Waals surface area contributed by atoms with Crippen LogP contribution < -0.4 is 11.0 Å². The first kappa shape index (κ1) is 11.0. The fourth-order valence-corrected chi connectivity index (χ4v) is 2.82. The summed E-state index contributed by atoms with van der Waals surface area (Å²) in [6.45, 7) is 5.94. The van der Waals surface area contributed by atoms with Gasteiger partial charge >= 0.3 is 5.69 Å². The minimum absolute atomic E-state index is 0.0704. The molecule has 0 aromatic carbocycles. The predicted molar refractivity (Wildman–Crippen MR) is 63.7 cm³/mol. The standard InChI is InChI=1S/C11H19N5O/c17-11-14-13-10-8-15(4-5-16(10)11)7-9-2-1-3-12-6-9/h9,12H,1-8H2,(H,14,17). The SMILES string of the molecule is O=c1[nH]nc2n1CCN(CC1CCCNC1)C2. The molecule has 2 N–H and O–H groups in total. The molecule has 1 atom stereocenters. The maximum Gasteiger partial charge on any atom is 0.343 e. The first-order valence-electron chi connectivity index (χ1n) is 6.40. The lowest BCUT2D eigenvalue weighted by molar-refractivity contribution is 0.169. The predicted octanol–water partition coefficient (Wildman–Crippen LogP) is -0.613. The van der Waals surface area contributed by atoms with E-state index in [1.807, 2.05) is 0 Å². The van der Waals surface area contributed by atoms with Crippen molar-refractivity contribution in [2.45, 2.75) is 25.9 Å². The van der Waals surface area contributed by atoms with Crippen molar-refractivity contribution >= 4 is 0 Å². The molecule has 0 radical (unpaired) electrons. The Hall–Kier alpha value is -1.14. The van der Waals surface area contributed by atoms with Crippen molar-refractivity contribution in [3.63, 3.8) is 0 Å². The average Bonchev–Trinajstić information content (AvgIpc) is 2.72. The smallest absolute Gasteiger partial charge is 0.316 e. The van der Waals surface area contributed by atoms with Crippen molar-refractivity contribution in [1.82, 2.24) is 25.0 Å². The molecule has 17 heavy (non-hydrogen) atoms. The van der Waals surface area contributed by atoms with E-state index in [0.29, 0.717) is 0 Å². The molecule has 2 aliphatic heterocycles. The van der Waals surface area contributed by atoms with Gasteiger partial charge in [-0.1, -0.05) is 0 Å². The average molecular weight is 237 g/mol. The minimum atomic E-state index is -0.0704. The number of hydrogen-bond acceptors (Lipinski definition) is 4. The highest BCUT2D eigenvalue weighted by molar-refractivity contribution is 4.91. The molecule has 3 rings (SSSR count). The lowest BCUT2D eigenvalue weighted by Crippen LogP contribution is -2.42. The Morgan fingerprint density at radius 1 is 1.41 bits per heavy atom. The van der Waals surface area contributed by atoms with E-state index in [1.54, 1.807) is 4.57 Å². The zero-order valence-electron chi connectivity index (χ0n) is 9.98. The molecule has 1 unspecified atom stereocenters. The normalized spacial score (nSPS) is 25.8. The van der Waals surface area contributed by atoms with Crippen LogP contribution in [0.1, 0.15) is 18.7 Å². The largest absolute Gasteiger partial charge is 0.343 e. The first-order valence-corrected chi connectivity index (χ1v) is 6.40. The summed E-state index contributed by atoms with van der Waals surface area (Å²) >= 11 is 0. The second-order valence-corrected chi connectivity index (χ2v) is 5.04. The number of fused-ring (bicyclic) bond motifs is 1. The number of piperidine rings is 1. The number of nitrogens with zero attached hydrogens (tertiary/aromatic N) is 3. The van der Waals surface area contributed by atoms with Gasteiger partial charge in [-0.15, -0.1) is 0 Å². The Labute approximate surface area is 100 Å². The monoisotopic (exact) mass is 237 g/mol. The zero-order valence-corrected chi connectivity index (χ0v) is 9.98. The Balaban J connectivity index is 1.62. The molecule has 0 spiro atoms. The van der Waals surface area contributed by atoms with Gasteiger partial charge in [0.25, 0.3) is 0 Å². The van der Waals surface area contributed by atoms with Crippen LogP contribution in [-0.2, 0) is 13.1 Å². The Morgan fingerprint density at radius 2 is 2.35 bits per heavy atom. The summed E-state index contributed by atoms with van der Waals surface area (Å²) in [4.78, 5) is 13.8. The van der Waals surface area contributed by atoms with Gasteiger partial charge in [0.1, 0.15) is 5.82 Å². The van der Waals surface area contributed by atoms with Crippen LogP contribution in [0.2, 0.25) is 0 Å². The van der Waals surface area contributed by atoms with Gasteiger partial charge in [0.15, 0.2) is 0 Å². The third-order valence-corrected chi connectivity index (χ3v) is 3.76. The van der Waals surface area contributed by atoms with Crippen molar-refractivity contribution < 1.29 is 0 Å². The Morgan fingerprint density at radius 3 is 3.18 bits per heavy atom. The highest BCUT2D eigenvalue weighted by atomic mass is 16.1. The summed E-state index contributed by atoms with van der Waals surface area (Å²) in [6.07, 6.45) is 2.60. The molecule has 3 heterocycles. The molecule has 94 valence electrons. The first-order chi connectivity index (χ1) is 8.33. The van der Waals surface area contributed by atoms with Crippen LogP contribution in [0.4, 0.5) is 0 Å². The quantitative estimate of drug-likeness (QED) is 0.720.